The summed E-state index contributed by atoms with van der Waals surface area (Å²) in [5.41, 5.74) is 3.57. The van der Waals surface area contributed by atoms with Gasteiger partial charge in [0.1, 0.15) is 11.6 Å². The number of nitrogens with one attached hydrogen (secondary N) is 3. The molecule has 0 aliphatic heterocycles. The molecule has 1 fully saturated rings. The number of aromatic nitrogens is 2. The summed E-state index contributed by atoms with van der Waals surface area (Å²) in [6.07, 6.45) is 7.99. The molecule has 0 radical (unpaired) electrons. The van der Waals surface area contributed by atoms with E-state index >= 15 is 0 Å². The number of fused-ring (bicyclic) bond motifs is 1. The Morgan fingerprint density at radius 2 is 1.78 bits per heavy atom. The second kappa shape index (κ2) is 9.71. The molecule has 1 heterocycles. The van der Waals surface area contributed by atoms with Gasteiger partial charge in [-0.1, -0.05) is 6.07 Å². The summed E-state index contributed by atoms with van der Waals surface area (Å²) in [4.78, 5) is 24.0. The Bertz CT molecular complexity index is 971. The van der Waals surface area contributed by atoms with E-state index in [1.807, 2.05) is 21.0 Å². The molecule has 0 unspecified atom stereocenters. The van der Waals surface area contributed by atoms with Gasteiger partial charge in [-0.3, -0.25) is 0 Å². The molecule has 8 heteroatoms. The molecule has 0 bridgehead atoms. The van der Waals surface area contributed by atoms with Crippen molar-refractivity contribution in [2.24, 2.45) is 0 Å². The molecule has 0 saturated heterocycles. The number of carbonyl (C=O) groups is 1. The summed E-state index contributed by atoms with van der Waals surface area (Å²) in [7, 11) is 4.07. The molecule has 7 nitrogen and oxygen atoms in total. The van der Waals surface area contributed by atoms with E-state index in [1.165, 1.54) is 30.2 Å². The first-order chi connectivity index (χ1) is 15.4. The molecule has 32 heavy (non-hydrogen) atoms. The topological polar surface area (TPSA) is 82.2 Å². The maximum absolute atomic E-state index is 13.9. The highest BCUT2D eigenvalue weighted by Crippen LogP contribution is 2.29. The van der Waals surface area contributed by atoms with Crippen molar-refractivity contribution in [1.82, 2.24) is 15.3 Å². The van der Waals surface area contributed by atoms with Gasteiger partial charge in [-0.05, 0) is 76.0 Å². The fraction of sp³-hybridized carbons (Fsp3) is 0.542. The minimum Gasteiger partial charge on any atom is -0.362 e. The molecular weight excluding hydrogens is 407 g/mol. The maximum Gasteiger partial charge on any atom is 0.319 e. The Kier molecular flexibility index (Phi) is 6.77. The van der Waals surface area contributed by atoms with Crippen molar-refractivity contribution in [1.29, 1.82) is 0 Å². The van der Waals surface area contributed by atoms with Gasteiger partial charge in [-0.25, -0.2) is 14.2 Å². The quantitative estimate of drug-likeness (QED) is 0.641. The standard InChI is InChI=1S/C24H33FN6O/c1-15-8-13-19(25)21(14-15)29-24(32)27-17-11-9-16(10-12-17)26-23-28-20-7-5-4-6-18(20)22(30-23)31(2)3/h8,13-14,16-17H,4-7,9-12H2,1-3H3,(H,26,28,30)(H2,27,29,32). The maximum atomic E-state index is 13.9. The number of amides is 2. The van der Waals surface area contributed by atoms with Gasteiger partial charge < -0.3 is 20.9 Å². The van der Waals surface area contributed by atoms with Gasteiger partial charge in [0.05, 0.1) is 11.4 Å². The second-order valence-electron chi connectivity index (χ2n) is 9.17. The van der Waals surface area contributed by atoms with Gasteiger partial charge in [0, 0.05) is 31.7 Å². The van der Waals surface area contributed by atoms with Crippen LogP contribution in [0.5, 0.6) is 0 Å². The number of urea groups is 1. The third-order valence-electron chi connectivity index (χ3n) is 6.35. The number of halogens is 1. The SMILES string of the molecule is Cc1ccc(F)c(NC(=O)NC2CCC(Nc3nc4c(c(N(C)C)n3)CCCC4)CC2)c1. The molecule has 172 valence electrons. The molecule has 1 aromatic carbocycles. The van der Waals surface area contributed by atoms with E-state index in [4.69, 9.17) is 9.97 Å². The molecule has 3 N–H and O–H groups in total. The smallest absolute Gasteiger partial charge is 0.319 e. The number of hydrogen-bond acceptors (Lipinski definition) is 5. The third kappa shape index (κ3) is 5.29. The van der Waals surface area contributed by atoms with E-state index < -0.39 is 5.82 Å². The lowest BCUT2D eigenvalue weighted by Crippen LogP contribution is -2.42. The van der Waals surface area contributed by atoms with Crippen molar-refractivity contribution in [3.8, 4) is 0 Å². The van der Waals surface area contributed by atoms with Crippen LogP contribution in [0.1, 0.15) is 55.3 Å². The first-order valence-corrected chi connectivity index (χ1v) is 11.6. The number of carbonyl (C=O) groups excluding carboxylic acids is 1. The molecule has 2 aromatic rings. The van der Waals surface area contributed by atoms with E-state index in [-0.39, 0.29) is 23.8 Å². The molecule has 1 saturated carbocycles. The van der Waals surface area contributed by atoms with Crippen molar-refractivity contribution in [3.05, 3.63) is 40.8 Å². The first-order valence-electron chi connectivity index (χ1n) is 11.6. The van der Waals surface area contributed by atoms with Crippen LogP contribution in [0.15, 0.2) is 18.2 Å². The number of nitrogens with zero attached hydrogens (tertiary/aromatic N) is 3. The van der Waals surface area contributed by atoms with E-state index in [0.717, 1.165) is 49.9 Å². The van der Waals surface area contributed by atoms with Crippen molar-refractivity contribution in [3.63, 3.8) is 0 Å². The molecular formula is C24H33FN6O. The fourth-order valence-corrected chi connectivity index (χ4v) is 4.65. The van der Waals surface area contributed by atoms with Crippen LogP contribution in [0.3, 0.4) is 0 Å². The predicted octanol–water partition coefficient (Wildman–Crippen LogP) is 4.41. The lowest BCUT2D eigenvalue weighted by Gasteiger charge is -2.30. The zero-order chi connectivity index (χ0) is 22.7. The summed E-state index contributed by atoms with van der Waals surface area (Å²) in [6.45, 7) is 1.87. The molecule has 1 aromatic heterocycles. The zero-order valence-electron chi connectivity index (χ0n) is 19.2. The Morgan fingerprint density at radius 1 is 1.06 bits per heavy atom. The highest BCUT2D eigenvalue weighted by atomic mass is 19.1. The van der Waals surface area contributed by atoms with Crippen LogP contribution in [-0.4, -0.2) is 42.2 Å². The van der Waals surface area contributed by atoms with E-state index in [0.29, 0.717) is 5.95 Å². The summed E-state index contributed by atoms with van der Waals surface area (Å²) in [6, 6.07) is 4.67. The Morgan fingerprint density at radius 3 is 2.53 bits per heavy atom. The zero-order valence-corrected chi connectivity index (χ0v) is 19.2. The number of hydrogen-bond donors (Lipinski definition) is 3. The summed E-state index contributed by atoms with van der Waals surface area (Å²) in [5.74, 6) is 1.30. The van der Waals surface area contributed by atoms with Gasteiger partial charge in [-0.2, -0.15) is 4.98 Å². The van der Waals surface area contributed by atoms with Gasteiger partial charge >= 0.3 is 6.03 Å². The third-order valence-corrected chi connectivity index (χ3v) is 6.35. The summed E-state index contributed by atoms with van der Waals surface area (Å²) >= 11 is 0. The predicted molar refractivity (Wildman–Crippen MR) is 126 cm³/mol. The van der Waals surface area contributed by atoms with Gasteiger partial charge in [-0.15, -0.1) is 0 Å². The van der Waals surface area contributed by atoms with Crippen LogP contribution in [0.4, 0.5) is 26.6 Å². The van der Waals surface area contributed by atoms with E-state index in [2.05, 4.69) is 20.9 Å². The van der Waals surface area contributed by atoms with Crippen molar-refractivity contribution in [2.75, 3.05) is 29.6 Å². The fourth-order valence-electron chi connectivity index (χ4n) is 4.65. The highest BCUT2D eigenvalue weighted by Gasteiger charge is 2.25. The minimum absolute atomic E-state index is 0.0720. The summed E-state index contributed by atoms with van der Waals surface area (Å²) in [5, 5.41) is 9.14. The first kappa shape index (κ1) is 22.3. The molecule has 0 atom stereocenters. The van der Waals surface area contributed by atoms with Crippen LogP contribution >= 0.6 is 0 Å². The van der Waals surface area contributed by atoms with Crippen molar-refractivity contribution in [2.45, 2.75) is 70.4 Å². The van der Waals surface area contributed by atoms with E-state index in [9.17, 15) is 9.18 Å². The van der Waals surface area contributed by atoms with E-state index in [1.54, 1.807) is 12.1 Å². The highest BCUT2D eigenvalue weighted by molar-refractivity contribution is 5.89. The van der Waals surface area contributed by atoms with Crippen LogP contribution < -0.4 is 20.9 Å². The Labute approximate surface area is 189 Å². The number of aryl methyl sites for hydroxylation is 2. The second-order valence-corrected chi connectivity index (χ2v) is 9.17. The molecule has 0 spiro atoms. The molecule has 2 aliphatic rings. The summed E-state index contributed by atoms with van der Waals surface area (Å²) < 4.78 is 13.9. The van der Waals surface area contributed by atoms with Crippen LogP contribution in [0.2, 0.25) is 0 Å². The van der Waals surface area contributed by atoms with Crippen LogP contribution in [0.25, 0.3) is 0 Å². The van der Waals surface area contributed by atoms with Crippen LogP contribution in [-0.2, 0) is 12.8 Å². The largest absolute Gasteiger partial charge is 0.362 e. The monoisotopic (exact) mass is 440 g/mol. The normalized spacial score (nSPS) is 20.2. The molecule has 2 aliphatic carbocycles. The minimum atomic E-state index is -0.430. The van der Waals surface area contributed by atoms with Crippen molar-refractivity contribution >= 4 is 23.5 Å². The van der Waals surface area contributed by atoms with Crippen molar-refractivity contribution < 1.29 is 9.18 Å². The number of benzene rings is 1. The average Bonchev–Trinajstić information content (AvgIpc) is 2.77. The lowest BCUT2D eigenvalue weighted by atomic mass is 9.91. The van der Waals surface area contributed by atoms with Gasteiger partial charge in [0.2, 0.25) is 5.95 Å². The lowest BCUT2D eigenvalue weighted by molar-refractivity contribution is 0.243. The van der Waals surface area contributed by atoms with Crippen LogP contribution in [0, 0.1) is 12.7 Å². The number of anilines is 3. The van der Waals surface area contributed by atoms with Gasteiger partial charge in [0.15, 0.2) is 0 Å². The molecule has 2 amide bonds. The van der Waals surface area contributed by atoms with Gasteiger partial charge in [0.25, 0.3) is 0 Å². The number of rotatable bonds is 5. The Balaban J connectivity index is 1.31. The average molecular weight is 441 g/mol. The Hall–Kier alpha value is -2.90. The molecule has 4 rings (SSSR count).